The molecular weight excluding hydrogens is 414 g/mol. The summed E-state index contributed by atoms with van der Waals surface area (Å²) in [6.45, 7) is 11.1. The Hall–Kier alpha value is -3.44. The van der Waals surface area contributed by atoms with Crippen LogP contribution in [0.1, 0.15) is 47.7 Å². The Kier molecular flexibility index (Phi) is 6.56. The molecule has 8 heteroatoms. The van der Waals surface area contributed by atoms with Crippen LogP contribution in [0.5, 0.6) is 0 Å². The van der Waals surface area contributed by atoms with Crippen molar-refractivity contribution in [2.24, 2.45) is 0 Å². The first kappa shape index (κ1) is 22.2. The van der Waals surface area contributed by atoms with Gasteiger partial charge in [-0.2, -0.15) is 5.26 Å². The number of fused-ring (bicyclic) bond motifs is 1. The van der Waals surface area contributed by atoms with Crippen LogP contribution in [0, 0.1) is 18.3 Å². The van der Waals surface area contributed by atoms with Crippen molar-refractivity contribution in [2.75, 3.05) is 13.2 Å². The van der Waals surface area contributed by atoms with E-state index in [9.17, 15) is 14.9 Å². The predicted octanol–water partition coefficient (Wildman–Crippen LogP) is 4.80. The second-order valence-electron chi connectivity index (χ2n) is 7.18. The Morgan fingerprint density at radius 1 is 1.35 bits per heavy atom. The fourth-order valence-corrected chi connectivity index (χ4v) is 4.10. The van der Waals surface area contributed by atoms with Crippen LogP contribution in [0.15, 0.2) is 36.5 Å². The number of carbonyl (C=O) groups is 2. The van der Waals surface area contributed by atoms with Crippen molar-refractivity contribution in [1.29, 1.82) is 5.26 Å². The number of esters is 2. The lowest BCUT2D eigenvalue weighted by Crippen LogP contribution is -2.15. The van der Waals surface area contributed by atoms with Gasteiger partial charge in [-0.15, -0.1) is 11.3 Å². The third-order valence-corrected chi connectivity index (χ3v) is 5.92. The first-order chi connectivity index (χ1) is 14.8. The summed E-state index contributed by atoms with van der Waals surface area (Å²) >= 11 is 1.27. The van der Waals surface area contributed by atoms with Gasteiger partial charge in [0.15, 0.2) is 0 Å². The van der Waals surface area contributed by atoms with E-state index in [1.54, 1.807) is 27.0 Å². The van der Waals surface area contributed by atoms with Gasteiger partial charge in [0.05, 0.1) is 23.9 Å². The first-order valence-electron chi connectivity index (χ1n) is 9.79. The minimum atomic E-state index is -0.442. The number of rotatable bonds is 7. The molecule has 0 aliphatic heterocycles. The van der Waals surface area contributed by atoms with Crippen LogP contribution in [-0.2, 0) is 14.3 Å². The topological polar surface area (TPSA) is 94.2 Å². The highest BCUT2D eigenvalue weighted by Crippen LogP contribution is 2.33. The summed E-state index contributed by atoms with van der Waals surface area (Å²) < 4.78 is 12.3. The van der Waals surface area contributed by atoms with Crippen LogP contribution in [-0.4, -0.2) is 34.7 Å². The number of aryl methyl sites for hydroxylation is 1. The second-order valence-corrected chi connectivity index (χ2v) is 8.17. The fourth-order valence-electron chi connectivity index (χ4n) is 3.15. The Bertz CT molecular complexity index is 1220. The van der Waals surface area contributed by atoms with Gasteiger partial charge in [0.2, 0.25) is 0 Å². The normalized spacial score (nSPS) is 11.7. The quantitative estimate of drug-likeness (QED) is 0.389. The zero-order chi connectivity index (χ0) is 22.7. The Morgan fingerprint density at radius 2 is 2.10 bits per heavy atom. The van der Waals surface area contributed by atoms with Gasteiger partial charge in [-0.3, -0.25) is 0 Å². The molecule has 7 nitrogen and oxygen atoms in total. The molecule has 0 aliphatic rings. The van der Waals surface area contributed by atoms with Crippen LogP contribution < -0.4 is 0 Å². The molecule has 0 bridgehead atoms. The van der Waals surface area contributed by atoms with Crippen molar-refractivity contribution < 1.29 is 19.1 Å². The van der Waals surface area contributed by atoms with E-state index in [1.165, 1.54) is 11.3 Å². The smallest absolute Gasteiger partial charge is 0.350 e. The monoisotopic (exact) mass is 437 g/mol. The van der Waals surface area contributed by atoms with Crippen LogP contribution in [0.4, 0.5) is 0 Å². The SMILES string of the molecule is C=C(C)C(=O)OCC(C)n1cc(C#N)c2cc(-c3nc(C)c(C(=O)OCC)s3)ccc21. The van der Waals surface area contributed by atoms with Gasteiger partial charge in [0.25, 0.3) is 0 Å². The summed E-state index contributed by atoms with van der Waals surface area (Å²) in [6, 6.07) is 7.76. The molecule has 0 saturated heterocycles. The number of hydrogen-bond acceptors (Lipinski definition) is 7. The molecule has 3 rings (SSSR count). The standard InChI is InChI=1S/C23H23N3O4S/c1-6-29-23(28)20-15(5)25-21(31-20)16-7-8-19-18(9-16)17(10-24)11-26(19)14(4)12-30-22(27)13(2)3/h7-9,11,14H,2,6,12H2,1,3-5H3. The Labute approximate surface area is 184 Å². The van der Waals surface area contributed by atoms with Gasteiger partial charge in [-0.1, -0.05) is 6.58 Å². The maximum Gasteiger partial charge on any atom is 0.350 e. The fraction of sp³-hybridized carbons (Fsp3) is 0.304. The highest BCUT2D eigenvalue weighted by Gasteiger charge is 2.19. The van der Waals surface area contributed by atoms with E-state index in [2.05, 4.69) is 17.6 Å². The van der Waals surface area contributed by atoms with E-state index in [1.807, 2.05) is 29.7 Å². The van der Waals surface area contributed by atoms with Crippen molar-refractivity contribution in [3.05, 3.63) is 52.7 Å². The molecule has 0 amide bonds. The van der Waals surface area contributed by atoms with Gasteiger partial charge in [0, 0.05) is 28.2 Å². The maximum absolute atomic E-state index is 12.1. The number of nitriles is 1. The molecule has 1 aromatic carbocycles. The van der Waals surface area contributed by atoms with Crippen LogP contribution in [0.25, 0.3) is 21.5 Å². The highest BCUT2D eigenvalue weighted by atomic mass is 32.1. The van der Waals surface area contributed by atoms with Crippen molar-refractivity contribution >= 4 is 34.2 Å². The Morgan fingerprint density at radius 3 is 2.74 bits per heavy atom. The molecule has 0 radical (unpaired) electrons. The third kappa shape index (κ3) is 4.52. The molecule has 1 unspecified atom stereocenters. The number of nitrogens with zero attached hydrogens (tertiary/aromatic N) is 3. The number of benzene rings is 1. The molecule has 2 aromatic heterocycles. The first-order valence-corrected chi connectivity index (χ1v) is 10.6. The van der Waals surface area contributed by atoms with Crippen LogP contribution in [0.2, 0.25) is 0 Å². The number of hydrogen-bond donors (Lipinski definition) is 0. The summed E-state index contributed by atoms with van der Waals surface area (Å²) in [6.07, 6.45) is 1.75. The van der Waals surface area contributed by atoms with Crippen molar-refractivity contribution in [3.63, 3.8) is 0 Å². The molecule has 0 spiro atoms. The van der Waals surface area contributed by atoms with Crippen molar-refractivity contribution in [2.45, 2.75) is 33.7 Å². The molecule has 0 fully saturated rings. The molecule has 0 N–H and O–H groups in total. The van der Waals surface area contributed by atoms with Gasteiger partial charge in [0.1, 0.15) is 22.6 Å². The van der Waals surface area contributed by atoms with Gasteiger partial charge in [-0.05, 0) is 45.9 Å². The van der Waals surface area contributed by atoms with E-state index in [0.717, 1.165) is 16.5 Å². The van der Waals surface area contributed by atoms with E-state index < -0.39 is 5.97 Å². The molecular formula is C23H23N3O4S. The number of ether oxygens (including phenoxy) is 2. The number of carbonyl (C=O) groups excluding carboxylic acids is 2. The van der Waals surface area contributed by atoms with Crippen LogP contribution in [0.3, 0.4) is 0 Å². The average molecular weight is 438 g/mol. The molecule has 3 aromatic rings. The summed E-state index contributed by atoms with van der Waals surface area (Å²) in [7, 11) is 0. The lowest BCUT2D eigenvalue weighted by Gasteiger charge is -2.15. The molecule has 0 aliphatic carbocycles. The van der Waals surface area contributed by atoms with E-state index in [-0.39, 0.29) is 18.6 Å². The minimum absolute atomic E-state index is 0.163. The summed E-state index contributed by atoms with van der Waals surface area (Å²) in [5.74, 6) is -0.825. The van der Waals surface area contributed by atoms with E-state index >= 15 is 0 Å². The van der Waals surface area contributed by atoms with E-state index in [4.69, 9.17) is 9.47 Å². The van der Waals surface area contributed by atoms with Gasteiger partial charge < -0.3 is 14.0 Å². The number of thiazole rings is 1. The maximum atomic E-state index is 12.1. The minimum Gasteiger partial charge on any atom is -0.462 e. The van der Waals surface area contributed by atoms with Gasteiger partial charge >= 0.3 is 11.9 Å². The Balaban J connectivity index is 1.96. The summed E-state index contributed by atoms with van der Waals surface area (Å²) in [4.78, 5) is 28.8. The molecule has 0 saturated carbocycles. The molecule has 1 atom stereocenters. The zero-order valence-electron chi connectivity index (χ0n) is 17.9. The van der Waals surface area contributed by atoms with Crippen molar-refractivity contribution in [1.82, 2.24) is 9.55 Å². The van der Waals surface area contributed by atoms with Crippen LogP contribution >= 0.6 is 11.3 Å². The van der Waals surface area contributed by atoms with Crippen molar-refractivity contribution in [3.8, 4) is 16.6 Å². The van der Waals surface area contributed by atoms with E-state index in [0.29, 0.717) is 33.3 Å². The number of aromatic nitrogens is 2. The third-order valence-electron chi connectivity index (χ3n) is 4.74. The molecule has 31 heavy (non-hydrogen) atoms. The lowest BCUT2D eigenvalue weighted by molar-refractivity contribution is -0.139. The summed E-state index contributed by atoms with van der Waals surface area (Å²) in [5.41, 5.74) is 3.12. The second kappa shape index (κ2) is 9.14. The average Bonchev–Trinajstić information content (AvgIpc) is 3.31. The zero-order valence-corrected chi connectivity index (χ0v) is 18.7. The highest BCUT2D eigenvalue weighted by molar-refractivity contribution is 7.17. The largest absolute Gasteiger partial charge is 0.462 e. The summed E-state index contributed by atoms with van der Waals surface area (Å²) in [5, 5.41) is 11.1. The molecule has 160 valence electrons. The predicted molar refractivity (Wildman–Crippen MR) is 119 cm³/mol. The molecule has 2 heterocycles. The van der Waals surface area contributed by atoms with Gasteiger partial charge in [-0.25, -0.2) is 14.6 Å². The lowest BCUT2D eigenvalue weighted by atomic mass is 10.1.